The zero-order chi connectivity index (χ0) is 12.0. The van der Waals surface area contributed by atoms with Crippen molar-refractivity contribution in [2.75, 3.05) is 0 Å². The van der Waals surface area contributed by atoms with E-state index in [-0.39, 0.29) is 0 Å². The number of hydrogen-bond donors (Lipinski definition) is 1. The highest BCUT2D eigenvalue weighted by Crippen LogP contribution is 2.46. The first kappa shape index (κ1) is 12.0. The molecule has 0 aromatic carbocycles. The third kappa shape index (κ3) is 2.04. The van der Waals surface area contributed by atoms with Crippen LogP contribution in [-0.2, 0) is 0 Å². The molecule has 3 unspecified atom stereocenters. The van der Waals surface area contributed by atoms with Crippen LogP contribution in [0.4, 0.5) is 0 Å². The maximum absolute atomic E-state index is 6.19. The molecule has 2 saturated heterocycles. The number of hydrogen-bond acceptors (Lipinski definition) is 2. The molecule has 2 N–H and O–H groups in total. The van der Waals surface area contributed by atoms with Gasteiger partial charge in [0, 0.05) is 24.2 Å². The Morgan fingerprint density at radius 2 is 1.65 bits per heavy atom. The minimum Gasteiger partial charge on any atom is -0.328 e. The van der Waals surface area contributed by atoms with E-state index in [1.807, 2.05) is 0 Å². The van der Waals surface area contributed by atoms with Gasteiger partial charge in [-0.05, 0) is 43.9 Å². The number of nitrogens with zero attached hydrogens (tertiary/aromatic N) is 1. The van der Waals surface area contributed by atoms with Gasteiger partial charge in [-0.3, -0.25) is 4.90 Å². The summed E-state index contributed by atoms with van der Waals surface area (Å²) in [5.74, 6) is 0. The Balaban J connectivity index is 1.80. The molecule has 1 saturated carbocycles. The largest absolute Gasteiger partial charge is 0.328 e. The van der Waals surface area contributed by atoms with Crippen molar-refractivity contribution in [2.45, 2.75) is 89.4 Å². The Morgan fingerprint density at radius 3 is 2.24 bits per heavy atom. The number of piperidine rings is 1. The number of fused-ring (bicyclic) bond motifs is 2. The summed E-state index contributed by atoms with van der Waals surface area (Å²) in [7, 11) is 0. The molecule has 3 fully saturated rings. The first-order chi connectivity index (χ1) is 8.08. The highest BCUT2D eigenvalue weighted by molar-refractivity contribution is 5.03. The second kappa shape index (κ2) is 4.24. The third-order valence-electron chi connectivity index (χ3n) is 5.64. The quantitative estimate of drug-likeness (QED) is 0.758. The molecule has 0 spiro atoms. The molecule has 2 nitrogen and oxygen atoms in total. The molecule has 0 aromatic heterocycles. The summed E-state index contributed by atoms with van der Waals surface area (Å²) in [6, 6.07) is 2.94. The smallest absolute Gasteiger partial charge is 0.0152 e. The zero-order valence-electron chi connectivity index (χ0n) is 11.5. The molecule has 0 radical (unpaired) electrons. The highest BCUT2D eigenvalue weighted by atomic mass is 15.3. The lowest BCUT2D eigenvalue weighted by atomic mass is 9.71. The molecule has 1 aliphatic carbocycles. The van der Waals surface area contributed by atoms with Gasteiger partial charge in [-0.15, -0.1) is 0 Å². The van der Waals surface area contributed by atoms with E-state index in [4.69, 9.17) is 5.73 Å². The van der Waals surface area contributed by atoms with Gasteiger partial charge in [0.15, 0.2) is 0 Å². The van der Waals surface area contributed by atoms with Crippen LogP contribution in [0.25, 0.3) is 0 Å². The summed E-state index contributed by atoms with van der Waals surface area (Å²) in [5, 5.41) is 0. The van der Waals surface area contributed by atoms with Crippen molar-refractivity contribution >= 4 is 0 Å². The van der Waals surface area contributed by atoms with Gasteiger partial charge in [0.2, 0.25) is 0 Å². The molecule has 0 amide bonds. The van der Waals surface area contributed by atoms with Crippen molar-refractivity contribution in [1.29, 1.82) is 0 Å². The van der Waals surface area contributed by atoms with Gasteiger partial charge in [-0.25, -0.2) is 0 Å². The molecular weight excluding hydrogens is 208 g/mol. The molecule has 3 rings (SSSR count). The van der Waals surface area contributed by atoms with Crippen LogP contribution in [0.5, 0.6) is 0 Å². The summed E-state index contributed by atoms with van der Waals surface area (Å²) in [6.45, 7) is 4.98. The van der Waals surface area contributed by atoms with Crippen molar-refractivity contribution in [3.8, 4) is 0 Å². The second-order valence-electron chi connectivity index (χ2n) is 7.31. The normalized spacial score (nSPS) is 46.1. The molecule has 98 valence electrons. The lowest BCUT2D eigenvalue weighted by molar-refractivity contribution is -0.00956. The fraction of sp³-hybridized carbons (Fsp3) is 1.00. The molecule has 2 heteroatoms. The van der Waals surface area contributed by atoms with Gasteiger partial charge in [-0.1, -0.05) is 26.7 Å². The monoisotopic (exact) mass is 236 g/mol. The summed E-state index contributed by atoms with van der Waals surface area (Å²) >= 11 is 0. The van der Waals surface area contributed by atoms with Crippen LogP contribution in [-0.4, -0.2) is 29.1 Å². The first-order valence-electron chi connectivity index (χ1n) is 7.61. The molecule has 0 aromatic rings. The maximum atomic E-state index is 6.19. The fourth-order valence-electron chi connectivity index (χ4n) is 4.79. The minimum absolute atomic E-state index is 0.482. The van der Waals surface area contributed by atoms with E-state index in [0.29, 0.717) is 11.5 Å². The molecular formula is C15H28N2. The fourth-order valence-corrected chi connectivity index (χ4v) is 4.79. The Morgan fingerprint density at radius 1 is 1.00 bits per heavy atom. The van der Waals surface area contributed by atoms with Crippen LogP contribution in [0.3, 0.4) is 0 Å². The summed E-state index contributed by atoms with van der Waals surface area (Å²) in [6.07, 6.45) is 11.0. The first-order valence-corrected chi connectivity index (χ1v) is 7.61. The predicted molar refractivity (Wildman–Crippen MR) is 71.9 cm³/mol. The van der Waals surface area contributed by atoms with Crippen LogP contribution in [0.2, 0.25) is 0 Å². The van der Waals surface area contributed by atoms with Gasteiger partial charge in [0.1, 0.15) is 0 Å². The van der Waals surface area contributed by atoms with Gasteiger partial charge in [0.05, 0.1) is 0 Å². The van der Waals surface area contributed by atoms with E-state index >= 15 is 0 Å². The molecule has 2 aliphatic heterocycles. The van der Waals surface area contributed by atoms with Crippen molar-refractivity contribution in [1.82, 2.24) is 4.90 Å². The Kier molecular flexibility index (Phi) is 2.99. The van der Waals surface area contributed by atoms with Crippen molar-refractivity contribution in [3.63, 3.8) is 0 Å². The summed E-state index contributed by atoms with van der Waals surface area (Å²) in [4.78, 5) is 2.91. The van der Waals surface area contributed by atoms with Crippen molar-refractivity contribution in [3.05, 3.63) is 0 Å². The van der Waals surface area contributed by atoms with Crippen LogP contribution >= 0.6 is 0 Å². The van der Waals surface area contributed by atoms with E-state index in [9.17, 15) is 0 Å². The lowest BCUT2D eigenvalue weighted by Gasteiger charge is -2.51. The Labute approximate surface area is 106 Å². The van der Waals surface area contributed by atoms with Gasteiger partial charge in [0.25, 0.3) is 0 Å². The average Bonchev–Trinajstić information content (AvgIpc) is 2.52. The number of nitrogens with two attached hydrogens (primary N) is 1. The van der Waals surface area contributed by atoms with E-state index in [2.05, 4.69) is 18.7 Å². The highest BCUT2D eigenvalue weighted by Gasteiger charge is 2.47. The molecule has 3 atom stereocenters. The predicted octanol–water partition coefficient (Wildman–Crippen LogP) is 2.91. The second-order valence-corrected chi connectivity index (χ2v) is 7.31. The standard InChI is InChI=1S/C15H28N2/c1-15(2)8-4-3-5-14(15)17-12-6-7-13(17)10-11(16)9-12/h11-14H,3-10,16H2,1-2H3. The Bertz CT molecular complexity index is 273. The van der Waals surface area contributed by atoms with Crippen LogP contribution < -0.4 is 5.73 Å². The van der Waals surface area contributed by atoms with Gasteiger partial charge in [-0.2, -0.15) is 0 Å². The molecule has 2 bridgehead atoms. The number of rotatable bonds is 1. The van der Waals surface area contributed by atoms with E-state index in [1.54, 1.807) is 0 Å². The maximum Gasteiger partial charge on any atom is 0.0152 e. The zero-order valence-corrected chi connectivity index (χ0v) is 11.5. The molecule has 17 heavy (non-hydrogen) atoms. The SMILES string of the molecule is CC1(C)CCCCC1N1C2CCC1CC(N)C2. The Hall–Kier alpha value is -0.0800. The summed E-state index contributed by atoms with van der Waals surface area (Å²) in [5.41, 5.74) is 6.72. The van der Waals surface area contributed by atoms with Crippen LogP contribution in [0.1, 0.15) is 65.2 Å². The topological polar surface area (TPSA) is 29.3 Å². The van der Waals surface area contributed by atoms with E-state index in [1.165, 1.54) is 51.4 Å². The van der Waals surface area contributed by atoms with Crippen molar-refractivity contribution < 1.29 is 0 Å². The minimum atomic E-state index is 0.482. The van der Waals surface area contributed by atoms with Gasteiger partial charge < -0.3 is 5.73 Å². The molecule has 3 aliphatic rings. The third-order valence-corrected chi connectivity index (χ3v) is 5.64. The van der Waals surface area contributed by atoms with Gasteiger partial charge >= 0.3 is 0 Å². The van der Waals surface area contributed by atoms with E-state index < -0.39 is 0 Å². The van der Waals surface area contributed by atoms with Crippen LogP contribution in [0, 0.1) is 5.41 Å². The average molecular weight is 236 g/mol. The molecule has 2 heterocycles. The lowest BCUT2D eigenvalue weighted by Crippen LogP contribution is -2.57. The summed E-state index contributed by atoms with van der Waals surface area (Å²) < 4.78 is 0. The van der Waals surface area contributed by atoms with Crippen LogP contribution in [0.15, 0.2) is 0 Å². The van der Waals surface area contributed by atoms with Crippen molar-refractivity contribution in [2.24, 2.45) is 11.1 Å². The van der Waals surface area contributed by atoms with E-state index in [0.717, 1.165) is 18.1 Å².